The number of rotatable bonds is 5. The van der Waals surface area contributed by atoms with E-state index >= 15 is 0 Å². The lowest BCUT2D eigenvalue weighted by Gasteiger charge is -2.11. The standard InChI is InChI=1S/C12H9N3O6S/c16-12(17)8-4-9(14-22(20)21)11(10(5-8)15(18)19)7-2-1-3-13-6-7/h1-6,14H,(H,16,17)(H,20,21). The quantitative estimate of drug-likeness (QED) is 0.433. The molecule has 1 heterocycles. The molecule has 2 rings (SSSR count). The van der Waals surface area contributed by atoms with Crippen molar-refractivity contribution in [1.29, 1.82) is 0 Å². The molecule has 1 aromatic carbocycles. The number of benzene rings is 1. The highest BCUT2D eigenvalue weighted by molar-refractivity contribution is 7.80. The molecule has 0 spiro atoms. The molecule has 114 valence electrons. The van der Waals surface area contributed by atoms with Gasteiger partial charge in [-0.3, -0.25) is 24.4 Å². The minimum Gasteiger partial charge on any atom is -0.478 e. The summed E-state index contributed by atoms with van der Waals surface area (Å²) >= 11 is -2.53. The summed E-state index contributed by atoms with van der Waals surface area (Å²) < 4.78 is 22.0. The number of aromatic nitrogens is 1. The van der Waals surface area contributed by atoms with E-state index in [-0.39, 0.29) is 16.8 Å². The molecule has 3 N–H and O–H groups in total. The van der Waals surface area contributed by atoms with E-state index in [1.807, 2.05) is 0 Å². The third-order valence-corrected chi connectivity index (χ3v) is 3.10. The maximum absolute atomic E-state index is 11.2. The molecule has 0 aliphatic heterocycles. The third-order valence-electron chi connectivity index (χ3n) is 2.71. The molecule has 0 bridgehead atoms. The first-order chi connectivity index (χ1) is 10.4. The zero-order chi connectivity index (χ0) is 16.3. The van der Waals surface area contributed by atoms with E-state index in [0.717, 1.165) is 12.1 Å². The van der Waals surface area contributed by atoms with Crippen molar-refractivity contribution in [2.75, 3.05) is 4.72 Å². The fourth-order valence-corrected chi connectivity index (χ4v) is 2.23. The first kappa shape index (κ1) is 15.5. The molecule has 0 saturated carbocycles. The molecule has 1 unspecified atom stereocenters. The molecule has 10 heteroatoms. The van der Waals surface area contributed by atoms with E-state index in [4.69, 9.17) is 9.66 Å². The molecule has 1 atom stereocenters. The lowest BCUT2D eigenvalue weighted by atomic mass is 10.0. The Bertz CT molecular complexity index is 765. The van der Waals surface area contributed by atoms with Crippen molar-refractivity contribution < 1.29 is 23.6 Å². The van der Waals surface area contributed by atoms with Crippen molar-refractivity contribution in [3.63, 3.8) is 0 Å². The van der Waals surface area contributed by atoms with Gasteiger partial charge in [-0.05, 0) is 12.1 Å². The highest BCUT2D eigenvalue weighted by atomic mass is 32.2. The van der Waals surface area contributed by atoms with Gasteiger partial charge in [-0.15, -0.1) is 0 Å². The van der Waals surface area contributed by atoms with Gasteiger partial charge in [0.25, 0.3) is 17.0 Å². The zero-order valence-corrected chi connectivity index (χ0v) is 11.6. The number of pyridine rings is 1. The van der Waals surface area contributed by atoms with E-state index in [1.165, 1.54) is 24.5 Å². The van der Waals surface area contributed by atoms with Gasteiger partial charge in [-0.2, -0.15) is 0 Å². The molecule has 0 amide bonds. The van der Waals surface area contributed by atoms with Gasteiger partial charge in [0.05, 0.1) is 21.7 Å². The number of carboxylic acids is 1. The molecule has 0 fully saturated rings. The molecular formula is C12H9N3O6S. The van der Waals surface area contributed by atoms with E-state index in [2.05, 4.69) is 9.71 Å². The lowest BCUT2D eigenvalue weighted by molar-refractivity contribution is -0.384. The van der Waals surface area contributed by atoms with E-state index < -0.39 is 27.8 Å². The topological polar surface area (TPSA) is 143 Å². The van der Waals surface area contributed by atoms with Crippen molar-refractivity contribution >= 4 is 28.6 Å². The van der Waals surface area contributed by atoms with Crippen molar-refractivity contribution in [2.24, 2.45) is 0 Å². The van der Waals surface area contributed by atoms with Crippen LogP contribution < -0.4 is 4.72 Å². The summed E-state index contributed by atoms with van der Waals surface area (Å²) in [5.74, 6) is -1.40. The molecule has 22 heavy (non-hydrogen) atoms. The first-order valence-corrected chi connectivity index (χ1v) is 6.84. The number of nitro benzene ring substituents is 1. The Hall–Kier alpha value is -2.85. The van der Waals surface area contributed by atoms with Crippen LogP contribution in [0, 0.1) is 10.1 Å². The number of hydrogen-bond acceptors (Lipinski definition) is 5. The maximum Gasteiger partial charge on any atom is 0.336 e. The van der Waals surface area contributed by atoms with Crippen LogP contribution in [0.4, 0.5) is 11.4 Å². The van der Waals surface area contributed by atoms with Crippen molar-refractivity contribution in [3.8, 4) is 11.1 Å². The largest absolute Gasteiger partial charge is 0.478 e. The fourth-order valence-electron chi connectivity index (χ4n) is 1.88. The van der Waals surface area contributed by atoms with Crippen LogP contribution in [0.2, 0.25) is 0 Å². The number of anilines is 1. The monoisotopic (exact) mass is 323 g/mol. The Kier molecular flexibility index (Phi) is 4.44. The van der Waals surface area contributed by atoms with E-state index in [9.17, 15) is 19.1 Å². The maximum atomic E-state index is 11.2. The zero-order valence-electron chi connectivity index (χ0n) is 10.8. The molecule has 1 aromatic heterocycles. The van der Waals surface area contributed by atoms with E-state index in [1.54, 1.807) is 0 Å². The number of nitro groups is 1. The Labute approximate surface area is 126 Å². The number of nitrogens with one attached hydrogen (secondary N) is 1. The van der Waals surface area contributed by atoms with Crippen LogP contribution in [0.1, 0.15) is 10.4 Å². The Morgan fingerprint density at radius 3 is 2.64 bits per heavy atom. The number of carboxylic acid groups (broad SMARTS) is 1. The first-order valence-electron chi connectivity index (χ1n) is 5.73. The predicted molar refractivity (Wildman–Crippen MR) is 77.7 cm³/mol. The molecule has 0 saturated heterocycles. The normalized spacial score (nSPS) is 11.7. The summed E-state index contributed by atoms with van der Waals surface area (Å²) in [6.45, 7) is 0. The van der Waals surface area contributed by atoms with Crippen LogP contribution in [0.25, 0.3) is 11.1 Å². The van der Waals surface area contributed by atoms with Gasteiger partial charge in [-0.25, -0.2) is 9.00 Å². The van der Waals surface area contributed by atoms with Crippen LogP contribution in [0.5, 0.6) is 0 Å². The molecule has 2 aromatic rings. The fraction of sp³-hybridized carbons (Fsp3) is 0. The lowest BCUT2D eigenvalue weighted by Crippen LogP contribution is -2.08. The van der Waals surface area contributed by atoms with Gasteiger partial charge >= 0.3 is 5.97 Å². The predicted octanol–water partition coefficient (Wildman–Crippen LogP) is 1.90. The molecule has 0 aliphatic rings. The molecule has 0 aliphatic carbocycles. The second-order valence-electron chi connectivity index (χ2n) is 4.07. The van der Waals surface area contributed by atoms with Gasteiger partial charge in [0, 0.05) is 24.0 Å². The minimum atomic E-state index is -2.53. The third kappa shape index (κ3) is 3.24. The van der Waals surface area contributed by atoms with Crippen LogP contribution in [-0.4, -0.2) is 29.7 Å². The van der Waals surface area contributed by atoms with Gasteiger partial charge in [0.1, 0.15) is 0 Å². The van der Waals surface area contributed by atoms with Gasteiger partial charge in [-0.1, -0.05) is 6.07 Å². The van der Waals surface area contributed by atoms with Gasteiger partial charge in [0.2, 0.25) is 0 Å². The SMILES string of the molecule is O=C(O)c1cc(NS(=O)O)c(-c2cccnc2)c([N+](=O)[O-])c1. The Morgan fingerprint density at radius 2 is 2.14 bits per heavy atom. The molecule has 0 radical (unpaired) electrons. The summed E-state index contributed by atoms with van der Waals surface area (Å²) in [6.07, 6.45) is 2.78. The highest BCUT2D eigenvalue weighted by Crippen LogP contribution is 2.37. The summed E-state index contributed by atoms with van der Waals surface area (Å²) in [5, 5.41) is 20.2. The van der Waals surface area contributed by atoms with Crippen LogP contribution in [-0.2, 0) is 11.3 Å². The van der Waals surface area contributed by atoms with Crippen molar-refractivity contribution in [3.05, 3.63) is 52.3 Å². The van der Waals surface area contributed by atoms with Gasteiger partial charge < -0.3 is 5.11 Å². The number of nitrogens with zero attached hydrogens (tertiary/aromatic N) is 2. The van der Waals surface area contributed by atoms with E-state index in [0.29, 0.717) is 5.56 Å². The summed E-state index contributed by atoms with van der Waals surface area (Å²) in [4.78, 5) is 25.4. The minimum absolute atomic E-state index is 0.0227. The number of carbonyl (C=O) groups is 1. The van der Waals surface area contributed by atoms with Crippen molar-refractivity contribution in [2.45, 2.75) is 0 Å². The van der Waals surface area contributed by atoms with Crippen LogP contribution in [0.3, 0.4) is 0 Å². The summed E-state index contributed by atoms with van der Waals surface area (Å²) in [7, 11) is 0. The average molecular weight is 323 g/mol. The molecule has 9 nitrogen and oxygen atoms in total. The smallest absolute Gasteiger partial charge is 0.336 e. The second-order valence-corrected chi connectivity index (χ2v) is 4.78. The summed E-state index contributed by atoms with van der Waals surface area (Å²) in [5.41, 5.74) is -0.766. The highest BCUT2D eigenvalue weighted by Gasteiger charge is 2.24. The number of hydrogen-bond donors (Lipinski definition) is 3. The number of aromatic carboxylic acids is 1. The molecular weight excluding hydrogens is 314 g/mol. The Balaban J connectivity index is 2.79. The second kappa shape index (κ2) is 6.28. The average Bonchev–Trinajstić information content (AvgIpc) is 2.46. The van der Waals surface area contributed by atoms with Crippen LogP contribution in [0.15, 0.2) is 36.7 Å². The Morgan fingerprint density at radius 1 is 1.41 bits per heavy atom. The van der Waals surface area contributed by atoms with Gasteiger partial charge in [0.15, 0.2) is 0 Å². The summed E-state index contributed by atoms with van der Waals surface area (Å²) in [6, 6.07) is 4.98. The van der Waals surface area contributed by atoms with Crippen LogP contribution >= 0.6 is 0 Å². The van der Waals surface area contributed by atoms with Crippen molar-refractivity contribution in [1.82, 2.24) is 4.98 Å².